The van der Waals surface area contributed by atoms with Crippen LogP contribution in [0.1, 0.15) is 32.1 Å². The lowest BCUT2D eigenvalue weighted by molar-refractivity contribution is -0.295. The lowest BCUT2D eigenvalue weighted by Crippen LogP contribution is -2.29. The summed E-state index contributed by atoms with van der Waals surface area (Å²) in [5.74, 6) is -4.39. The maximum Gasteiger partial charge on any atom is 0.422 e. The number of hydrogen-bond donors (Lipinski definition) is 2. The zero-order valence-electron chi connectivity index (χ0n) is 8.27. The largest absolute Gasteiger partial charge is 0.422 e. The fourth-order valence-electron chi connectivity index (χ4n) is 1.31. The Hall–Kier alpha value is -1.14. The van der Waals surface area contributed by atoms with E-state index in [0.717, 1.165) is 12.8 Å². The normalized spacial score (nSPS) is 18.8. The predicted octanol–water partition coefficient (Wildman–Crippen LogP) is -0.325. The Morgan fingerprint density at radius 3 is 2.07 bits per heavy atom. The third kappa shape index (κ3) is 3.49. The molecule has 0 unspecified atom stereocenters. The van der Waals surface area contributed by atoms with E-state index in [2.05, 4.69) is 9.47 Å². The van der Waals surface area contributed by atoms with Crippen molar-refractivity contribution in [2.24, 2.45) is 0 Å². The van der Waals surface area contributed by atoms with Gasteiger partial charge in [-0.3, -0.25) is 0 Å². The van der Waals surface area contributed by atoms with Gasteiger partial charge >= 0.3 is 17.9 Å². The summed E-state index contributed by atoms with van der Waals surface area (Å²) in [6, 6.07) is 0. The van der Waals surface area contributed by atoms with Crippen LogP contribution < -0.4 is 0 Å². The minimum absolute atomic E-state index is 0.0654. The van der Waals surface area contributed by atoms with Crippen LogP contribution in [0.2, 0.25) is 0 Å². The number of rotatable bonds is 6. The molecule has 86 valence electrons. The van der Waals surface area contributed by atoms with Gasteiger partial charge in [0.1, 0.15) is 0 Å². The van der Waals surface area contributed by atoms with Crippen molar-refractivity contribution >= 4 is 11.9 Å². The molecule has 0 aliphatic carbocycles. The fourth-order valence-corrected chi connectivity index (χ4v) is 1.31. The zero-order valence-corrected chi connectivity index (χ0v) is 8.27. The van der Waals surface area contributed by atoms with Crippen molar-refractivity contribution in [3.63, 3.8) is 0 Å². The summed E-state index contributed by atoms with van der Waals surface area (Å²) >= 11 is 0. The van der Waals surface area contributed by atoms with Gasteiger partial charge in [0.15, 0.2) is 0 Å². The standard InChI is InChI=1S/C9H14O6/c10-6-4-2-1-3-5-9(13)14-7(11)8(12)15-9/h10,13H,1-6H2. The summed E-state index contributed by atoms with van der Waals surface area (Å²) in [7, 11) is 0. The van der Waals surface area contributed by atoms with E-state index >= 15 is 0 Å². The number of ether oxygens (including phenoxy) is 2. The maximum atomic E-state index is 10.6. The molecular formula is C9H14O6. The highest BCUT2D eigenvalue weighted by Gasteiger charge is 2.46. The maximum absolute atomic E-state index is 10.6. The Balaban J connectivity index is 2.21. The van der Waals surface area contributed by atoms with Crippen molar-refractivity contribution in [2.45, 2.75) is 38.1 Å². The Morgan fingerprint density at radius 2 is 1.53 bits per heavy atom. The van der Waals surface area contributed by atoms with Crippen LogP contribution in [0.25, 0.3) is 0 Å². The number of carbonyl (C=O) groups excluding carboxylic acids is 2. The molecule has 1 aliphatic heterocycles. The molecule has 0 amide bonds. The molecule has 6 nitrogen and oxygen atoms in total. The topological polar surface area (TPSA) is 93.1 Å². The van der Waals surface area contributed by atoms with Crippen LogP contribution in [-0.2, 0) is 19.1 Å². The van der Waals surface area contributed by atoms with Gasteiger partial charge in [0.25, 0.3) is 0 Å². The fraction of sp³-hybridized carbons (Fsp3) is 0.778. The van der Waals surface area contributed by atoms with E-state index in [4.69, 9.17) is 5.11 Å². The van der Waals surface area contributed by atoms with E-state index < -0.39 is 17.9 Å². The molecule has 0 aromatic carbocycles. The molecule has 1 aliphatic rings. The van der Waals surface area contributed by atoms with Gasteiger partial charge in [-0.05, 0) is 12.8 Å². The van der Waals surface area contributed by atoms with E-state index in [-0.39, 0.29) is 13.0 Å². The molecule has 6 heteroatoms. The number of unbranched alkanes of at least 4 members (excludes halogenated alkanes) is 3. The van der Waals surface area contributed by atoms with Gasteiger partial charge in [-0.1, -0.05) is 12.8 Å². The van der Waals surface area contributed by atoms with E-state index in [1.54, 1.807) is 0 Å². The second kappa shape index (κ2) is 5.09. The van der Waals surface area contributed by atoms with Crippen LogP contribution in [0.3, 0.4) is 0 Å². The third-order valence-electron chi connectivity index (χ3n) is 2.07. The lowest BCUT2D eigenvalue weighted by atomic mass is 10.1. The second-order valence-corrected chi connectivity index (χ2v) is 3.38. The first-order valence-electron chi connectivity index (χ1n) is 4.87. The van der Waals surface area contributed by atoms with Gasteiger partial charge in [0.2, 0.25) is 0 Å². The predicted molar refractivity (Wildman–Crippen MR) is 47.3 cm³/mol. The van der Waals surface area contributed by atoms with Gasteiger partial charge in [-0.2, -0.15) is 0 Å². The average molecular weight is 218 g/mol. The first-order chi connectivity index (χ1) is 7.07. The van der Waals surface area contributed by atoms with Gasteiger partial charge in [0.05, 0.1) is 6.42 Å². The van der Waals surface area contributed by atoms with Crippen molar-refractivity contribution in [3.05, 3.63) is 0 Å². The summed E-state index contributed by atoms with van der Waals surface area (Å²) in [5, 5.41) is 18.0. The third-order valence-corrected chi connectivity index (χ3v) is 2.07. The minimum Gasteiger partial charge on any atom is -0.396 e. The van der Waals surface area contributed by atoms with Crippen LogP contribution in [0.5, 0.6) is 0 Å². The van der Waals surface area contributed by atoms with Crippen LogP contribution in [-0.4, -0.2) is 34.7 Å². The summed E-state index contributed by atoms with van der Waals surface area (Å²) in [4.78, 5) is 21.3. The molecule has 0 radical (unpaired) electrons. The van der Waals surface area contributed by atoms with Gasteiger partial charge in [-0.25, -0.2) is 9.59 Å². The molecule has 1 rings (SSSR count). The number of aliphatic hydroxyl groups excluding tert-OH is 1. The van der Waals surface area contributed by atoms with Crippen LogP contribution in [0.15, 0.2) is 0 Å². The molecule has 1 saturated heterocycles. The van der Waals surface area contributed by atoms with Crippen molar-refractivity contribution < 1.29 is 29.3 Å². The molecule has 15 heavy (non-hydrogen) atoms. The Labute approximate surface area is 86.8 Å². The van der Waals surface area contributed by atoms with Crippen LogP contribution >= 0.6 is 0 Å². The number of esters is 2. The molecule has 1 heterocycles. The Kier molecular flexibility index (Phi) is 4.05. The number of hydrogen-bond acceptors (Lipinski definition) is 6. The molecule has 0 atom stereocenters. The lowest BCUT2D eigenvalue weighted by Gasteiger charge is -2.17. The number of aliphatic hydroxyl groups is 2. The molecule has 0 bridgehead atoms. The smallest absolute Gasteiger partial charge is 0.396 e. The molecule has 2 N–H and O–H groups in total. The van der Waals surface area contributed by atoms with Gasteiger partial charge < -0.3 is 19.7 Å². The Morgan fingerprint density at radius 1 is 1.00 bits per heavy atom. The van der Waals surface area contributed by atoms with E-state index in [1.807, 2.05) is 0 Å². The quantitative estimate of drug-likeness (QED) is 0.360. The molecule has 0 aromatic rings. The summed E-state index contributed by atoms with van der Waals surface area (Å²) in [5.41, 5.74) is 0. The zero-order chi connectivity index (χ0) is 11.3. The highest BCUT2D eigenvalue weighted by molar-refractivity contribution is 6.31. The van der Waals surface area contributed by atoms with E-state index in [9.17, 15) is 14.7 Å². The van der Waals surface area contributed by atoms with Crippen molar-refractivity contribution in [2.75, 3.05) is 6.61 Å². The highest BCUT2D eigenvalue weighted by atomic mass is 16.9. The summed E-state index contributed by atoms with van der Waals surface area (Å²) < 4.78 is 8.73. The van der Waals surface area contributed by atoms with Crippen molar-refractivity contribution in [3.8, 4) is 0 Å². The molecule has 0 saturated carbocycles. The van der Waals surface area contributed by atoms with Crippen LogP contribution in [0, 0.1) is 0 Å². The first-order valence-corrected chi connectivity index (χ1v) is 4.87. The molecule has 0 aromatic heterocycles. The SMILES string of the molecule is O=C1OC(O)(CCCCCCO)OC1=O. The Bertz CT molecular complexity index is 233. The summed E-state index contributed by atoms with van der Waals surface area (Å²) in [6.07, 6.45) is 2.89. The summed E-state index contributed by atoms with van der Waals surface area (Å²) in [6.45, 7) is 0.133. The van der Waals surface area contributed by atoms with Gasteiger partial charge in [-0.15, -0.1) is 0 Å². The number of carbonyl (C=O) groups is 2. The van der Waals surface area contributed by atoms with Crippen LogP contribution in [0.4, 0.5) is 0 Å². The van der Waals surface area contributed by atoms with E-state index in [1.165, 1.54) is 0 Å². The monoisotopic (exact) mass is 218 g/mol. The van der Waals surface area contributed by atoms with Crippen molar-refractivity contribution in [1.29, 1.82) is 0 Å². The molecule has 0 spiro atoms. The van der Waals surface area contributed by atoms with Gasteiger partial charge in [0, 0.05) is 6.61 Å². The molecule has 1 fully saturated rings. The molecular weight excluding hydrogens is 204 g/mol. The first kappa shape index (κ1) is 11.9. The minimum atomic E-state index is -2.08. The highest BCUT2D eigenvalue weighted by Crippen LogP contribution is 2.24. The number of cyclic esters (lactones) is 2. The second-order valence-electron chi connectivity index (χ2n) is 3.38. The average Bonchev–Trinajstić information content (AvgIpc) is 2.41. The van der Waals surface area contributed by atoms with Crippen molar-refractivity contribution in [1.82, 2.24) is 0 Å². The van der Waals surface area contributed by atoms with E-state index in [0.29, 0.717) is 12.8 Å².